The molecule has 160 valence electrons. The summed E-state index contributed by atoms with van der Waals surface area (Å²) in [4.78, 5) is 32.4. The van der Waals surface area contributed by atoms with Crippen LogP contribution in [0.2, 0.25) is 0 Å². The van der Waals surface area contributed by atoms with E-state index in [1.165, 1.54) is 0 Å². The van der Waals surface area contributed by atoms with Crippen LogP contribution in [0.15, 0.2) is 42.5 Å². The Hall–Kier alpha value is -3.19. The van der Waals surface area contributed by atoms with Crippen molar-refractivity contribution in [1.29, 1.82) is 0 Å². The lowest BCUT2D eigenvalue weighted by molar-refractivity contribution is -0.121. The van der Waals surface area contributed by atoms with Crippen LogP contribution in [0.1, 0.15) is 39.2 Å². The van der Waals surface area contributed by atoms with E-state index in [0.29, 0.717) is 30.2 Å². The highest BCUT2D eigenvalue weighted by Gasteiger charge is 2.27. The molecule has 0 aliphatic carbocycles. The first-order valence-electron chi connectivity index (χ1n) is 10.2. The molecule has 0 bridgehead atoms. The molecule has 1 aliphatic rings. The Morgan fingerprint density at radius 3 is 2.81 bits per heavy atom. The second-order valence-corrected chi connectivity index (χ2v) is 8.83. The predicted molar refractivity (Wildman–Crippen MR) is 121 cm³/mol. The van der Waals surface area contributed by atoms with Gasteiger partial charge in [0.1, 0.15) is 5.75 Å². The van der Waals surface area contributed by atoms with E-state index < -0.39 is 0 Å². The van der Waals surface area contributed by atoms with Crippen molar-refractivity contribution < 1.29 is 19.1 Å². The fourth-order valence-electron chi connectivity index (χ4n) is 3.58. The first-order valence-corrected chi connectivity index (χ1v) is 11.1. The Morgan fingerprint density at radius 2 is 2.06 bits per heavy atom. The van der Waals surface area contributed by atoms with Crippen molar-refractivity contribution in [2.24, 2.45) is 0 Å². The molecule has 2 aromatic carbocycles. The molecule has 0 atom stereocenters. The summed E-state index contributed by atoms with van der Waals surface area (Å²) in [5, 5.41) is 1.00. The zero-order chi connectivity index (χ0) is 22.0. The van der Waals surface area contributed by atoms with Gasteiger partial charge >= 0.3 is 5.97 Å². The standard InChI is InChI=1S/C24H24N2O4S/c1-4-10-29-24(28)19-7-5-6-17(11-19)13-26-20-12-18(23-15(2)31-16(3)25-23)8-9-21(20)30-14-22(26)27/h5-9,11-12H,4,10,13-14H2,1-3H3. The van der Waals surface area contributed by atoms with Gasteiger partial charge in [-0.15, -0.1) is 11.3 Å². The maximum absolute atomic E-state index is 12.7. The van der Waals surface area contributed by atoms with Gasteiger partial charge in [0.15, 0.2) is 6.61 Å². The van der Waals surface area contributed by atoms with Crippen molar-refractivity contribution in [2.75, 3.05) is 18.1 Å². The number of rotatable bonds is 6. The van der Waals surface area contributed by atoms with Crippen molar-refractivity contribution in [2.45, 2.75) is 33.7 Å². The topological polar surface area (TPSA) is 68.7 Å². The smallest absolute Gasteiger partial charge is 0.338 e. The van der Waals surface area contributed by atoms with Gasteiger partial charge in [-0.25, -0.2) is 9.78 Å². The second-order valence-electron chi connectivity index (χ2n) is 7.43. The Bertz CT molecular complexity index is 1140. The van der Waals surface area contributed by atoms with E-state index in [0.717, 1.165) is 33.1 Å². The molecule has 1 aliphatic heterocycles. The lowest BCUT2D eigenvalue weighted by Gasteiger charge is -2.30. The monoisotopic (exact) mass is 436 g/mol. The molecule has 0 unspecified atom stereocenters. The Balaban J connectivity index is 1.65. The van der Waals surface area contributed by atoms with Crippen molar-refractivity contribution in [3.8, 4) is 17.0 Å². The highest BCUT2D eigenvalue weighted by Crippen LogP contribution is 2.38. The fourth-order valence-corrected chi connectivity index (χ4v) is 4.42. The Kier molecular flexibility index (Phi) is 6.04. The number of amides is 1. The van der Waals surface area contributed by atoms with Crippen LogP contribution >= 0.6 is 11.3 Å². The van der Waals surface area contributed by atoms with E-state index in [4.69, 9.17) is 9.47 Å². The van der Waals surface area contributed by atoms with Crippen LogP contribution in [0, 0.1) is 13.8 Å². The van der Waals surface area contributed by atoms with Crippen molar-refractivity contribution in [3.05, 3.63) is 63.5 Å². The summed E-state index contributed by atoms with van der Waals surface area (Å²) in [6, 6.07) is 13.0. The molecule has 1 aromatic heterocycles. The molecular formula is C24H24N2O4S. The van der Waals surface area contributed by atoms with Crippen molar-refractivity contribution in [3.63, 3.8) is 0 Å². The number of nitrogens with zero attached hydrogens (tertiary/aromatic N) is 2. The molecule has 0 saturated heterocycles. The van der Waals surface area contributed by atoms with E-state index in [9.17, 15) is 9.59 Å². The third-order valence-electron chi connectivity index (χ3n) is 5.02. The maximum atomic E-state index is 12.7. The summed E-state index contributed by atoms with van der Waals surface area (Å²) in [5.74, 6) is 0.176. The minimum atomic E-state index is -0.353. The van der Waals surface area contributed by atoms with Gasteiger partial charge in [-0.2, -0.15) is 0 Å². The minimum Gasteiger partial charge on any atom is -0.482 e. The zero-order valence-corrected chi connectivity index (χ0v) is 18.6. The number of fused-ring (bicyclic) bond motifs is 1. The van der Waals surface area contributed by atoms with Gasteiger partial charge < -0.3 is 14.4 Å². The van der Waals surface area contributed by atoms with Crippen LogP contribution in [0.4, 0.5) is 5.69 Å². The normalized spacial score (nSPS) is 13.0. The third kappa shape index (κ3) is 4.46. The van der Waals surface area contributed by atoms with Crippen molar-refractivity contribution >= 4 is 28.9 Å². The molecule has 7 heteroatoms. The van der Waals surface area contributed by atoms with E-state index in [-0.39, 0.29) is 18.5 Å². The van der Waals surface area contributed by atoms with Crippen LogP contribution in [0.3, 0.4) is 0 Å². The molecule has 3 aromatic rings. The number of hydrogen-bond donors (Lipinski definition) is 0. The molecule has 2 heterocycles. The SMILES string of the molecule is CCCOC(=O)c1cccc(CN2C(=O)COc3ccc(-c4nc(C)sc4C)cc32)c1. The van der Waals surface area contributed by atoms with Crippen LogP contribution in [-0.4, -0.2) is 30.1 Å². The van der Waals surface area contributed by atoms with Gasteiger partial charge in [-0.05, 0) is 56.2 Å². The summed E-state index contributed by atoms with van der Waals surface area (Å²) in [7, 11) is 0. The first-order chi connectivity index (χ1) is 15.0. The summed E-state index contributed by atoms with van der Waals surface area (Å²) in [6.45, 7) is 6.69. The van der Waals surface area contributed by atoms with E-state index in [1.807, 2.05) is 51.1 Å². The molecular weight excluding hydrogens is 412 g/mol. The molecule has 0 fully saturated rings. The number of aryl methyl sites for hydroxylation is 2. The minimum absolute atomic E-state index is 0.0145. The largest absolute Gasteiger partial charge is 0.482 e. The van der Waals surface area contributed by atoms with Crippen LogP contribution < -0.4 is 9.64 Å². The summed E-state index contributed by atoms with van der Waals surface area (Å²) < 4.78 is 10.9. The molecule has 4 rings (SSSR count). The lowest BCUT2D eigenvalue weighted by atomic mass is 10.1. The molecule has 0 N–H and O–H groups in total. The highest BCUT2D eigenvalue weighted by atomic mass is 32.1. The number of hydrogen-bond acceptors (Lipinski definition) is 6. The average molecular weight is 437 g/mol. The van der Waals surface area contributed by atoms with E-state index in [1.54, 1.807) is 28.4 Å². The van der Waals surface area contributed by atoms with Gasteiger partial charge in [0.2, 0.25) is 0 Å². The molecule has 0 radical (unpaired) electrons. The number of carbonyl (C=O) groups excluding carboxylic acids is 2. The summed E-state index contributed by atoms with van der Waals surface area (Å²) in [6.07, 6.45) is 0.769. The molecule has 0 saturated carbocycles. The van der Waals surface area contributed by atoms with Gasteiger partial charge in [-0.1, -0.05) is 19.1 Å². The van der Waals surface area contributed by atoms with Crippen LogP contribution in [0.5, 0.6) is 5.75 Å². The third-order valence-corrected chi connectivity index (χ3v) is 5.91. The Labute approximate surface area is 185 Å². The number of carbonyl (C=O) groups is 2. The number of benzene rings is 2. The Morgan fingerprint density at radius 1 is 1.23 bits per heavy atom. The highest BCUT2D eigenvalue weighted by molar-refractivity contribution is 7.11. The maximum Gasteiger partial charge on any atom is 0.338 e. The van der Waals surface area contributed by atoms with Gasteiger partial charge in [-0.3, -0.25) is 4.79 Å². The predicted octanol–water partition coefficient (Wildman–Crippen LogP) is 4.92. The van der Waals surface area contributed by atoms with Gasteiger partial charge in [0.05, 0.1) is 35.1 Å². The van der Waals surface area contributed by atoms with E-state index in [2.05, 4.69) is 4.98 Å². The zero-order valence-electron chi connectivity index (χ0n) is 17.8. The number of thiazole rings is 1. The van der Waals surface area contributed by atoms with Crippen LogP contribution in [0.25, 0.3) is 11.3 Å². The molecule has 31 heavy (non-hydrogen) atoms. The molecule has 1 amide bonds. The van der Waals surface area contributed by atoms with Gasteiger partial charge in [0.25, 0.3) is 5.91 Å². The number of ether oxygens (including phenoxy) is 2. The molecule has 6 nitrogen and oxygen atoms in total. The van der Waals surface area contributed by atoms with E-state index >= 15 is 0 Å². The van der Waals surface area contributed by atoms with Gasteiger partial charge in [0, 0.05) is 10.4 Å². The second kappa shape index (κ2) is 8.89. The molecule has 0 spiro atoms. The number of aromatic nitrogens is 1. The summed E-state index contributed by atoms with van der Waals surface area (Å²) in [5.41, 5.74) is 3.90. The average Bonchev–Trinajstić information content (AvgIpc) is 3.11. The quantitative estimate of drug-likeness (QED) is 0.513. The number of esters is 1. The summed E-state index contributed by atoms with van der Waals surface area (Å²) >= 11 is 1.65. The number of anilines is 1. The van der Waals surface area contributed by atoms with Crippen LogP contribution in [-0.2, 0) is 16.1 Å². The lowest BCUT2D eigenvalue weighted by Crippen LogP contribution is -2.38. The first kappa shape index (κ1) is 21.1. The fraction of sp³-hybridized carbons (Fsp3) is 0.292. The van der Waals surface area contributed by atoms with Crippen molar-refractivity contribution in [1.82, 2.24) is 4.98 Å².